The molecule has 0 bridgehead atoms. The first-order valence-electron chi connectivity index (χ1n) is 7.88. The van der Waals surface area contributed by atoms with Gasteiger partial charge in [0.05, 0.1) is 10.6 Å². The summed E-state index contributed by atoms with van der Waals surface area (Å²) in [5.41, 5.74) is 1.19. The second kappa shape index (κ2) is 7.05. The van der Waals surface area contributed by atoms with Crippen LogP contribution in [0.2, 0.25) is 5.02 Å². The molecule has 1 N–H and O–H groups in total. The SMILES string of the molecule is O=C(Nc1ccc(S(=O)(=O)N2CCCc3cc(Cl)ccc32)cc1)C(F)(F)F. The summed E-state index contributed by atoms with van der Waals surface area (Å²) in [7, 11) is -3.91. The zero-order valence-electron chi connectivity index (χ0n) is 13.8. The van der Waals surface area contributed by atoms with E-state index in [-0.39, 0.29) is 17.1 Å². The second-order valence-electron chi connectivity index (χ2n) is 5.93. The first kappa shape index (κ1) is 19.5. The zero-order valence-corrected chi connectivity index (χ0v) is 15.3. The molecule has 1 aliphatic rings. The number of aryl methyl sites for hydroxylation is 1. The van der Waals surface area contributed by atoms with Crippen LogP contribution in [0.1, 0.15) is 12.0 Å². The molecule has 0 fully saturated rings. The van der Waals surface area contributed by atoms with Crippen LogP contribution in [0.25, 0.3) is 0 Å². The van der Waals surface area contributed by atoms with E-state index in [1.165, 1.54) is 4.31 Å². The van der Waals surface area contributed by atoms with Crippen molar-refractivity contribution in [3.63, 3.8) is 0 Å². The largest absolute Gasteiger partial charge is 0.471 e. The van der Waals surface area contributed by atoms with Gasteiger partial charge in [-0.2, -0.15) is 13.2 Å². The van der Waals surface area contributed by atoms with E-state index in [0.717, 1.165) is 29.8 Å². The number of carbonyl (C=O) groups is 1. The van der Waals surface area contributed by atoms with Crippen LogP contribution in [-0.4, -0.2) is 27.0 Å². The van der Waals surface area contributed by atoms with E-state index >= 15 is 0 Å². The number of fused-ring (bicyclic) bond motifs is 1. The Balaban J connectivity index is 1.87. The molecule has 0 aromatic heterocycles. The van der Waals surface area contributed by atoms with Crippen LogP contribution in [0.3, 0.4) is 0 Å². The van der Waals surface area contributed by atoms with Gasteiger partial charge in [0.15, 0.2) is 0 Å². The van der Waals surface area contributed by atoms with Gasteiger partial charge in [-0.05, 0) is 60.9 Å². The standard InChI is InChI=1S/C17H14ClF3N2O3S/c18-12-3-8-15-11(10-12)2-1-9-23(15)27(25,26)14-6-4-13(5-7-14)22-16(24)17(19,20)21/h3-8,10H,1-2,9H2,(H,22,24). The smallest absolute Gasteiger partial charge is 0.318 e. The Morgan fingerprint density at radius 1 is 1.11 bits per heavy atom. The molecule has 10 heteroatoms. The molecule has 0 saturated heterocycles. The molecule has 1 heterocycles. The number of amides is 1. The predicted octanol–water partition coefficient (Wildman–Crippen LogP) is 3.98. The maximum atomic E-state index is 13.0. The van der Waals surface area contributed by atoms with Crippen LogP contribution in [0.4, 0.5) is 24.5 Å². The number of rotatable bonds is 3. The molecule has 0 atom stereocenters. The maximum Gasteiger partial charge on any atom is 0.471 e. The minimum atomic E-state index is -5.02. The lowest BCUT2D eigenvalue weighted by Crippen LogP contribution is -2.35. The third-order valence-corrected chi connectivity index (χ3v) is 6.14. The van der Waals surface area contributed by atoms with Crippen molar-refractivity contribution in [2.24, 2.45) is 0 Å². The Labute approximate surface area is 158 Å². The Hall–Kier alpha value is -2.26. The third-order valence-electron chi connectivity index (χ3n) is 4.08. The van der Waals surface area contributed by atoms with Gasteiger partial charge in [0.2, 0.25) is 0 Å². The molecule has 1 aliphatic heterocycles. The zero-order chi connectivity index (χ0) is 19.8. The second-order valence-corrected chi connectivity index (χ2v) is 8.23. The summed E-state index contributed by atoms with van der Waals surface area (Å²) in [6, 6.07) is 9.49. The summed E-state index contributed by atoms with van der Waals surface area (Å²) in [5, 5.41) is 2.19. The molecule has 0 aliphatic carbocycles. The number of nitrogens with one attached hydrogen (secondary N) is 1. The number of alkyl halides is 3. The van der Waals surface area contributed by atoms with Crippen molar-refractivity contribution in [2.75, 3.05) is 16.2 Å². The molecule has 2 aromatic carbocycles. The predicted molar refractivity (Wildman–Crippen MR) is 95.4 cm³/mol. The highest BCUT2D eigenvalue weighted by Crippen LogP contribution is 2.34. The highest BCUT2D eigenvalue weighted by Gasteiger charge is 2.38. The molecule has 1 amide bonds. The Morgan fingerprint density at radius 2 is 1.78 bits per heavy atom. The first-order valence-corrected chi connectivity index (χ1v) is 9.70. The van der Waals surface area contributed by atoms with Gasteiger partial charge < -0.3 is 5.32 Å². The summed E-state index contributed by atoms with van der Waals surface area (Å²) in [5.74, 6) is -2.13. The van der Waals surface area contributed by atoms with Crippen LogP contribution < -0.4 is 9.62 Å². The molecule has 2 aromatic rings. The number of halogens is 4. The molecule has 0 saturated carbocycles. The van der Waals surface area contributed by atoms with Crippen molar-refractivity contribution in [3.05, 3.63) is 53.1 Å². The fourth-order valence-corrected chi connectivity index (χ4v) is 4.56. The molecule has 0 spiro atoms. The minimum absolute atomic E-state index is 0.0877. The topological polar surface area (TPSA) is 66.5 Å². The molecular formula is C17H14ClF3N2O3S. The number of carbonyl (C=O) groups excluding carboxylic acids is 1. The van der Waals surface area contributed by atoms with Crippen molar-refractivity contribution in [1.82, 2.24) is 0 Å². The average Bonchev–Trinajstić information content (AvgIpc) is 2.60. The number of nitrogens with zero attached hydrogens (tertiary/aromatic N) is 1. The number of anilines is 2. The van der Waals surface area contributed by atoms with E-state index < -0.39 is 22.1 Å². The van der Waals surface area contributed by atoms with E-state index in [1.54, 1.807) is 23.5 Å². The number of sulfonamides is 1. The van der Waals surface area contributed by atoms with Gasteiger partial charge >= 0.3 is 12.1 Å². The first-order chi connectivity index (χ1) is 12.6. The van der Waals surface area contributed by atoms with Crippen molar-refractivity contribution >= 4 is 38.9 Å². The van der Waals surface area contributed by atoms with Crippen LogP contribution in [0.5, 0.6) is 0 Å². The number of hydrogen-bond donors (Lipinski definition) is 1. The summed E-state index contributed by atoms with van der Waals surface area (Å²) >= 11 is 5.96. The van der Waals surface area contributed by atoms with Crippen LogP contribution >= 0.6 is 11.6 Å². The number of hydrogen-bond acceptors (Lipinski definition) is 3. The molecule has 5 nitrogen and oxygen atoms in total. The highest BCUT2D eigenvalue weighted by atomic mass is 35.5. The highest BCUT2D eigenvalue weighted by molar-refractivity contribution is 7.92. The maximum absolute atomic E-state index is 13.0. The summed E-state index contributed by atoms with van der Waals surface area (Å²) < 4.78 is 64.0. The van der Waals surface area contributed by atoms with Crippen molar-refractivity contribution in [2.45, 2.75) is 23.9 Å². The van der Waals surface area contributed by atoms with Crippen molar-refractivity contribution < 1.29 is 26.4 Å². The Morgan fingerprint density at radius 3 is 2.41 bits per heavy atom. The molecular weight excluding hydrogens is 405 g/mol. The lowest BCUT2D eigenvalue weighted by Gasteiger charge is -2.30. The Bertz CT molecular complexity index is 976. The lowest BCUT2D eigenvalue weighted by molar-refractivity contribution is -0.167. The van der Waals surface area contributed by atoms with Crippen molar-refractivity contribution in [3.8, 4) is 0 Å². The fraction of sp³-hybridized carbons (Fsp3) is 0.235. The molecule has 0 unspecified atom stereocenters. The number of benzene rings is 2. The quantitative estimate of drug-likeness (QED) is 0.819. The van der Waals surface area contributed by atoms with E-state index in [9.17, 15) is 26.4 Å². The van der Waals surface area contributed by atoms with Crippen LogP contribution in [0.15, 0.2) is 47.4 Å². The lowest BCUT2D eigenvalue weighted by atomic mass is 10.0. The average molecular weight is 419 g/mol. The normalized spacial score (nSPS) is 14.6. The molecule has 3 rings (SSSR count). The van der Waals surface area contributed by atoms with Crippen molar-refractivity contribution in [1.29, 1.82) is 0 Å². The Kier molecular flexibility index (Phi) is 5.09. The molecule has 27 heavy (non-hydrogen) atoms. The summed E-state index contributed by atoms with van der Waals surface area (Å²) in [4.78, 5) is 10.9. The van der Waals surface area contributed by atoms with Gasteiger partial charge in [-0.15, -0.1) is 0 Å². The monoisotopic (exact) mass is 418 g/mol. The summed E-state index contributed by atoms with van der Waals surface area (Å²) in [6.07, 6.45) is -3.71. The van der Waals surface area contributed by atoms with E-state index in [0.29, 0.717) is 23.6 Å². The summed E-state index contributed by atoms with van der Waals surface area (Å²) in [6.45, 7) is 0.281. The van der Waals surface area contributed by atoms with Gasteiger partial charge in [-0.1, -0.05) is 11.6 Å². The fourth-order valence-electron chi connectivity index (χ4n) is 2.82. The van der Waals surface area contributed by atoms with E-state index in [4.69, 9.17) is 11.6 Å². The van der Waals surface area contributed by atoms with Crippen LogP contribution in [-0.2, 0) is 21.2 Å². The molecule has 0 radical (unpaired) electrons. The van der Waals surface area contributed by atoms with Gasteiger partial charge in [-0.3, -0.25) is 9.10 Å². The van der Waals surface area contributed by atoms with Crippen LogP contribution in [0, 0.1) is 0 Å². The van der Waals surface area contributed by atoms with Gasteiger partial charge in [0, 0.05) is 17.3 Å². The van der Waals surface area contributed by atoms with E-state index in [2.05, 4.69) is 0 Å². The minimum Gasteiger partial charge on any atom is -0.318 e. The van der Waals surface area contributed by atoms with E-state index in [1.807, 2.05) is 0 Å². The van der Waals surface area contributed by atoms with Gasteiger partial charge in [0.1, 0.15) is 0 Å². The molecule has 144 valence electrons. The third kappa shape index (κ3) is 4.03. The van der Waals surface area contributed by atoms with Gasteiger partial charge in [-0.25, -0.2) is 8.42 Å². The van der Waals surface area contributed by atoms with Gasteiger partial charge in [0.25, 0.3) is 10.0 Å².